The van der Waals surface area contributed by atoms with Crippen LogP contribution in [0.15, 0.2) is 35.5 Å². The maximum Gasteiger partial charge on any atom is 0.265 e. The van der Waals surface area contributed by atoms with Gasteiger partial charge in [0.1, 0.15) is 16.4 Å². The molecule has 0 unspecified atom stereocenters. The van der Waals surface area contributed by atoms with E-state index in [-0.39, 0.29) is 15.6 Å². The average Bonchev–Trinajstić information content (AvgIpc) is 2.43. The summed E-state index contributed by atoms with van der Waals surface area (Å²) in [5.41, 5.74) is -0.250. The van der Waals surface area contributed by atoms with Crippen molar-refractivity contribution in [3.8, 4) is 0 Å². The number of aromatic nitrogens is 1. The van der Waals surface area contributed by atoms with Crippen molar-refractivity contribution in [3.05, 3.63) is 47.2 Å². The van der Waals surface area contributed by atoms with Crippen LogP contribution in [0.4, 0.5) is 20.2 Å². The molecule has 0 fully saturated rings. The third kappa shape index (κ3) is 3.22. The third-order valence-corrected chi connectivity index (χ3v) is 4.26. The van der Waals surface area contributed by atoms with E-state index in [1.54, 1.807) is 0 Å². The first-order valence-electron chi connectivity index (χ1n) is 5.64. The van der Waals surface area contributed by atoms with Crippen LogP contribution in [0.25, 0.3) is 0 Å². The fraction of sp³-hybridized carbons (Fsp3) is 0.0833. The van der Waals surface area contributed by atoms with Crippen molar-refractivity contribution in [1.82, 2.24) is 4.98 Å². The fourth-order valence-corrected chi connectivity index (χ4v) is 3.17. The molecule has 0 aliphatic carbocycles. The predicted octanol–water partition coefficient (Wildman–Crippen LogP) is 2.86. The second kappa shape index (κ2) is 5.82. The molecule has 9 heteroatoms. The Labute approximate surface area is 125 Å². The second-order valence-electron chi connectivity index (χ2n) is 3.97. The van der Waals surface area contributed by atoms with Gasteiger partial charge in [-0.2, -0.15) is 0 Å². The van der Waals surface area contributed by atoms with Crippen LogP contribution in [0.3, 0.4) is 0 Å². The summed E-state index contributed by atoms with van der Waals surface area (Å²) in [6.45, 7) is 0. The summed E-state index contributed by atoms with van der Waals surface area (Å²) >= 11 is 5.66. The van der Waals surface area contributed by atoms with Gasteiger partial charge in [-0.05, 0) is 12.1 Å². The maximum absolute atomic E-state index is 13.7. The molecule has 1 aromatic heterocycles. The Bertz CT molecular complexity index is 761. The molecule has 0 radical (unpaired) electrons. The molecular weight excluding hydrogens is 324 g/mol. The maximum atomic E-state index is 13.7. The number of nitrogens with one attached hydrogen (secondary N) is 2. The largest absolute Gasteiger partial charge is 0.387 e. The zero-order valence-electron chi connectivity index (χ0n) is 10.7. The summed E-state index contributed by atoms with van der Waals surface area (Å²) in [6, 6.07) is 2.79. The summed E-state index contributed by atoms with van der Waals surface area (Å²) in [4.78, 5) is 3.53. The Morgan fingerprint density at radius 3 is 2.62 bits per heavy atom. The Balaban J connectivity index is 2.48. The molecule has 1 heterocycles. The van der Waals surface area contributed by atoms with Gasteiger partial charge in [-0.15, -0.1) is 0 Å². The van der Waals surface area contributed by atoms with Gasteiger partial charge in [-0.3, -0.25) is 9.71 Å². The number of rotatable bonds is 4. The summed E-state index contributed by atoms with van der Waals surface area (Å²) in [7, 11) is -2.61. The highest BCUT2D eigenvalue weighted by atomic mass is 35.5. The molecule has 0 spiro atoms. The zero-order valence-corrected chi connectivity index (χ0v) is 12.3. The minimum Gasteiger partial charge on any atom is -0.387 e. The molecular formula is C12H10ClF2N3O2S. The number of halogens is 3. The number of benzene rings is 1. The Morgan fingerprint density at radius 1 is 1.29 bits per heavy atom. The Morgan fingerprint density at radius 2 is 2.00 bits per heavy atom. The Hall–Kier alpha value is -1.93. The van der Waals surface area contributed by atoms with Crippen molar-refractivity contribution in [3.63, 3.8) is 0 Å². The molecule has 0 aliphatic heterocycles. The SMILES string of the molecule is CNc1ccncc1S(=O)(=O)Nc1c(F)cc(F)cc1Cl. The normalized spacial score (nSPS) is 11.2. The van der Waals surface area contributed by atoms with E-state index in [1.165, 1.54) is 19.3 Å². The van der Waals surface area contributed by atoms with Gasteiger partial charge in [0, 0.05) is 25.5 Å². The molecule has 0 saturated carbocycles. The molecule has 0 atom stereocenters. The molecule has 0 aliphatic rings. The molecule has 0 saturated heterocycles. The van der Waals surface area contributed by atoms with E-state index in [0.717, 1.165) is 12.3 Å². The van der Waals surface area contributed by atoms with Gasteiger partial charge in [-0.1, -0.05) is 11.6 Å². The first-order valence-corrected chi connectivity index (χ1v) is 7.50. The van der Waals surface area contributed by atoms with Crippen LogP contribution in [-0.4, -0.2) is 20.4 Å². The van der Waals surface area contributed by atoms with Crippen molar-refractivity contribution < 1.29 is 17.2 Å². The zero-order chi connectivity index (χ0) is 15.6. The molecule has 0 amide bonds. The van der Waals surface area contributed by atoms with E-state index in [9.17, 15) is 17.2 Å². The standard InChI is InChI=1S/C12H10ClF2N3O2S/c1-16-10-2-3-17-6-11(10)21(19,20)18-12-8(13)4-7(14)5-9(12)15/h2-6,18H,1H3,(H,16,17). The van der Waals surface area contributed by atoms with Crippen molar-refractivity contribution in [2.75, 3.05) is 17.1 Å². The van der Waals surface area contributed by atoms with Crippen molar-refractivity contribution in [2.24, 2.45) is 0 Å². The molecule has 2 aromatic rings. The lowest BCUT2D eigenvalue weighted by Crippen LogP contribution is -2.16. The van der Waals surface area contributed by atoms with E-state index in [4.69, 9.17) is 11.6 Å². The lowest BCUT2D eigenvalue weighted by atomic mass is 10.3. The number of hydrogen-bond donors (Lipinski definition) is 2. The smallest absolute Gasteiger partial charge is 0.265 e. The van der Waals surface area contributed by atoms with Crippen LogP contribution in [-0.2, 0) is 10.0 Å². The topological polar surface area (TPSA) is 71.1 Å². The highest BCUT2D eigenvalue weighted by Gasteiger charge is 2.22. The molecule has 5 nitrogen and oxygen atoms in total. The molecule has 2 N–H and O–H groups in total. The molecule has 21 heavy (non-hydrogen) atoms. The number of pyridine rings is 1. The van der Waals surface area contributed by atoms with E-state index in [1.807, 2.05) is 4.72 Å². The first kappa shape index (κ1) is 15.5. The predicted molar refractivity (Wildman–Crippen MR) is 76.0 cm³/mol. The van der Waals surface area contributed by atoms with Crippen LogP contribution >= 0.6 is 11.6 Å². The molecule has 0 bridgehead atoms. The minimum atomic E-state index is -4.14. The average molecular weight is 334 g/mol. The Kier molecular flexibility index (Phi) is 4.29. The monoisotopic (exact) mass is 333 g/mol. The summed E-state index contributed by atoms with van der Waals surface area (Å²) in [5.74, 6) is -2.02. The molecule has 112 valence electrons. The van der Waals surface area contributed by atoms with Gasteiger partial charge >= 0.3 is 0 Å². The quantitative estimate of drug-likeness (QED) is 0.902. The number of sulfonamides is 1. The van der Waals surface area contributed by atoms with Gasteiger partial charge in [0.05, 0.1) is 10.7 Å². The molecule has 2 rings (SSSR count). The van der Waals surface area contributed by atoms with Gasteiger partial charge in [0.25, 0.3) is 10.0 Å². The van der Waals surface area contributed by atoms with Crippen molar-refractivity contribution in [2.45, 2.75) is 4.90 Å². The summed E-state index contributed by atoms with van der Waals surface area (Å²) < 4.78 is 53.1. The minimum absolute atomic E-state index is 0.188. The number of hydrogen-bond acceptors (Lipinski definition) is 4. The second-order valence-corrected chi connectivity index (χ2v) is 6.03. The van der Waals surface area contributed by atoms with Crippen LogP contribution in [0.5, 0.6) is 0 Å². The summed E-state index contributed by atoms with van der Waals surface area (Å²) in [5, 5.41) is 2.30. The lowest BCUT2D eigenvalue weighted by Gasteiger charge is -2.13. The van der Waals surface area contributed by atoms with Gasteiger partial charge in [0.15, 0.2) is 5.82 Å². The van der Waals surface area contributed by atoms with E-state index < -0.39 is 27.3 Å². The first-order chi connectivity index (χ1) is 9.85. The third-order valence-electron chi connectivity index (χ3n) is 2.59. The number of nitrogens with zero attached hydrogens (tertiary/aromatic N) is 1. The van der Waals surface area contributed by atoms with Gasteiger partial charge in [-0.25, -0.2) is 17.2 Å². The number of anilines is 2. The highest BCUT2D eigenvalue weighted by Crippen LogP contribution is 2.30. The van der Waals surface area contributed by atoms with Crippen molar-refractivity contribution >= 4 is 33.0 Å². The lowest BCUT2D eigenvalue weighted by molar-refractivity contribution is 0.583. The van der Waals surface area contributed by atoms with Crippen LogP contribution in [0, 0.1) is 11.6 Å². The van der Waals surface area contributed by atoms with E-state index in [2.05, 4.69) is 10.3 Å². The van der Waals surface area contributed by atoms with Crippen molar-refractivity contribution in [1.29, 1.82) is 0 Å². The summed E-state index contributed by atoms with van der Waals surface area (Å²) in [6.07, 6.45) is 2.50. The van der Waals surface area contributed by atoms with Crippen LogP contribution in [0.2, 0.25) is 5.02 Å². The van der Waals surface area contributed by atoms with Crippen LogP contribution in [0.1, 0.15) is 0 Å². The van der Waals surface area contributed by atoms with E-state index >= 15 is 0 Å². The fourth-order valence-electron chi connectivity index (χ4n) is 1.63. The highest BCUT2D eigenvalue weighted by molar-refractivity contribution is 7.92. The van der Waals surface area contributed by atoms with Crippen LogP contribution < -0.4 is 10.0 Å². The van der Waals surface area contributed by atoms with E-state index in [0.29, 0.717) is 6.07 Å². The van der Waals surface area contributed by atoms with Gasteiger partial charge < -0.3 is 5.32 Å². The van der Waals surface area contributed by atoms with Gasteiger partial charge in [0.2, 0.25) is 0 Å². The molecule has 1 aromatic carbocycles.